The van der Waals surface area contributed by atoms with Gasteiger partial charge in [-0.1, -0.05) is 18.2 Å². The van der Waals surface area contributed by atoms with Crippen LogP contribution in [0.15, 0.2) is 30.3 Å². The topological polar surface area (TPSA) is 84.7 Å². The summed E-state index contributed by atoms with van der Waals surface area (Å²) in [5.74, 6) is -1.06. The largest absolute Gasteiger partial charge is 0.481 e. The number of nitrogens with zero attached hydrogens (tertiary/aromatic N) is 3. The Hall–Kier alpha value is -2.67. The van der Waals surface area contributed by atoms with Gasteiger partial charge in [0.05, 0.1) is 41.8 Å². The fourth-order valence-electron chi connectivity index (χ4n) is 3.15. The number of morpholine rings is 1. The Morgan fingerprint density at radius 3 is 2.68 bits per heavy atom. The molecule has 25 heavy (non-hydrogen) atoms. The number of benzene rings is 1. The number of hydrogen-bond donors (Lipinski definition) is 1. The quantitative estimate of drug-likeness (QED) is 0.915. The van der Waals surface area contributed by atoms with Gasteiger partial charge in [-0.2, -0.15) is 5.10 Å². The van der Waals surface area contributed by atoms with Crippen LogP contribution in [0.3, 0.4) is 0 Å². The molecule has 1 amide bonds. The monoisotopic (exact) mass is 343 g/mol. The van der Waals surface area contributed by atoms with Gasteiger partial charge in [0.2, 0.25) is 0 Å². The summed E-state index contributed by atoms with van der Waals surface area (Å²) < 4.78 is 7.21. The maximum atomic E-state index is 13.0. The number of carbonyl (C=O) groups is 2. The number of ether oxygens (including phenoxy) is 1. The van der Waals surface area contributed by atoms with E-state index in [1.807, 2.05) is 44.2 Å². The van der Waals surface area contributed by atoms with E-state index in [4.69, 9.17) is 9.84 Å². The van der Waals surface area contributed by atoms with Crippen molar-refractivity contribution in [2.45, 2.75) is 26.4 Å². The summed E-state index contributed by atoms with van der Waals surface area (Å²) in [5.41, 5.74) is 2.90. The number of carboxylic acid groups (broad SMARTS) is 1. The minimum atomic E-state index is -0.927. The number of aromatic nitrogens is 2. The van der Waals surface area contributed by atoms with Gasteiger partial charge in [0, 0.05) is 13.1 Å². The third-order valence-electron chi connectivity index (χ3n) is 4.33. The predicted octanol–water partition coefficient (Wildman–Crippen LogP) is 1.80. The van der Waals surface area contributed by atoms with Gasteiger partial charge >= 0.3 is 5.97 Å². The van der Waals surface area contributed by atoms with E-state index in [-0.39, 0.29) is 18.9 Å². The molecule has 7 heteroatoms. The molecule has 1 N–H and O–H groups in total. The van der Waals surface area contributed by atoms with Gasteiger partial charge in [0.15, 0.2) is 0 Å². The molecule has 0 spiro atoms. The molecule has 0 aliphatic carbocycles. The molecule has 1 atom stereocenters. The Morgan fingerprint density at radius 2 is 2.00 bits per heavy atom. The van der Waals surface area contributed by atoms with E-state index in [1.165, 1.54) is 0 Å². The lowest BCUT2D eigenvalue weighted by Crippen LogP contribution is -2.46. The molecule has 0 bridgehead atoms. The van der Waals surface area contributed by atoms with Crippen LogP contribution in [0.1, 0.15) is 28.2 Å². The van der Waals surface area contributed by atoms with Gasteiger partial charge in [0.1, 0.15) is 0 Å². The van der Waals surface area contributed by atoms with Crippen LogP contribution in [0.4, 0.5) is 0 Å². The fourth-order valence-corrected chi connectivity index (χ4v) is 3.15. The van der Waals surface area contributed by atoms with Crippen molar-refractivity contribution in [2.24, 2.45) is 0 Å². The van der Waals surface area contributed by atoms with Crippen LogP contribution in [-0.4, -0.2) is 57.5 Å². The normalized spacial score (nSPS) is 17.5. The highest BCUT2D eigenvalue weighted by molar-refractivity contribution is 5.96. The molecule has 1 aliphatic heterocycles. The molecule has 1 aromatic carbocycles. The van der Waals surface area contributed by atoms with E-state index in [0.717, 1.165) is 11.4 Å². The second-order valence-electron chi connectivity index (χ2n) is 6.14. The van der Waals surface area contributed by atoms with Crippen LogP contribution in [-0.2, 0) is 9.53 Å². The molecular formula is C18H21N3O4. The first-order chi connectivity index (χ1) is 12.0. The first kappa shape index (κ1) is 17.2. The zero-order valence-corrected chi connectivity index (χ0v) is 14.3. The lowest BCUT2D eigenvalue weighted by atomic mass is 10.1. The van der Waals surface area contributed by atoms with Crippen LogP contribution in [0.25, 0.3) is 5.69 Å². The Bertz CT molecular complexity index is 785. The number of amides is 1. The average Bonchev–Trinajstić information content (AvgIpc) is 2.89. The van der Waals surface area contributed by atoms with E-state index in [9.17, 15) is 9.59 Å². The highest BCUT2D eigenvalue weighted by atomic mass is 16.5. The van der Waals surface area contributed by atoms with E-state index >= 15 is 0 Å². The van der Waals surface area contributed by atoms with Crippen molar-refractivity contribution in [2.75, 3.05) is 19.7 Å². The van der Waals surface area contributed by atoms with Crippen molar-refractivity contribution in [3.63, 3.8) is 0 Å². The van der Waals surface area contributed by atoms with Crippen molar-refractivity contribution in [1.82, 2.24) is 14.7 Å². The van der Waals surface area contributed by atoms with Crippen molar-refractivity contribution in [3.8, 4) is 5.69 Å². The summed E-state index contributed by atoms with van der Waals surface area (Å²) in [6.45, 7) is 4.75. The highest BCUT2D eigenvalue weighted by Crippen LogP contribution is 2.21. The van der Waals surface area contributed by atoms with Crippen LogP contribution in [0, 0.1) is 13.8 Å². The van der Waals surface area contributed by atoms with E-state index in [0.29, 0.717) is 24.4 Å². The number of rotatable bonds is 4. The van der Waals surface area contributed by atoms with Gasteiger partial charge in [-0.15, -0.1) is 0 Å². The summed E-state index contributed by atoms with van der Waals surface area (Å²) >= 11 is 0. The Balaban J connectivity index is 1.85. The summed E-state index contributed by atoms with van der Waals surface area (Å²) in [7, 11) is 0. The first-order valence-electron chi connectivity index (χ1n) is 8.21. The molecule has 0 radical (unpaired) electrons. The van der Waals surface area contributed by atoms with Gasteiger partial charge in [0.25, 0.3) is 5.91 Å². The van der Waals surface area contributed by atoms with Crippen LogP contribution >= 0.6 is 0 Å². The molecule has 2 heterocycles. The maximum Gasteiger partial charge on any atom is 0.306 e. The van der Waals surface area contributed by atoms with E-state index in [2.05, 4.69) is 5.10 Å². The summed E-state index contributed by atoms with van der Waals surface area (Å²) in [4.78, 5) is 25.5. The number of carboxylic acids is 1. The molecule has 1 aromatic heterocycles. The van der Waals surface area contributed by atoms with Crippen molar-refractivity contribution >= 4 is 11.9 Å². The standard InChI is InChI=1S/C18H21N3O4/c1-12-17(13(2)21(19-12)14-6-4-3-5-7-14)18(24)20-8-9-25-15(11-20)10-16(22)23/h3-7,15H,8-11H2,1-2H3,(H,22,23)/t15-/m0/s1. The molecule has 2 aromatic rings. The molecule has 0 unspecified atom stereocenters. The Labute approximate surface area is 145 Å². The lowest BCUT2D eigenvalue weighted by molar-refractivity contribution is -0.141. The number of aliphatic carboxylic acids is 1. The predicted molar refractivity (Wildman–Crippen MR) is 90.9 cm³/mol. The van der Waals surface area contributed by atoms with Crippen LogP contribution in [0.2, 0.25) is 0 Å². The molecule has 7 nitrogen and oxygen atoms in total. The zero-order valence-electron chi connectivity index (χ0n) is 14.3. The zero-order chi connectivity index (χ0) is 18.0. The number of para-hydroxylation sites is 1. The fraction of sp³-hybridized carbons (Fsp3) is 0.389. The highest BCUT2D eigenvalue weighted by Gasteiger charge is 2.30. The molecule has 1 fully saturated rings. The third-order valence-corrected chi connectivity index (χ3v) is 4.33. The second kappa shape index (κ2) is 7.06. The summed E-state index contributed by atoms with van der Waals surface area (Å²) in [5, 5.41) is 13.4. The lowest BCUT2D eigenvalue weighted by Gasteiger charge is -2.32. The van der Waals surface area contributed by atoms with Crippen molar-refractivity contribution in [3.05, 3.63) is 47.3 Å². The van der Waals surface area contributed by atoms with E-state index in [1.54, 1.807) is 9.58 Å². The average molecular weight is 343 g/mol. The Morgan fingerprint density at radius 1 is 1.28 bits per heavy atom. The molecule has 1 saturated heterocycles. The second-order valence-corrected chi connectivity index (χ2v) is 6.14. The number of hydrogen-bond acceptors (Lipinski definition) is 4. The number of carbonyl (C=O) groups excluding carboxylic acids is 1. The molecule has 1 aliphatic rings. The van der Waals surface area contributed by atoms with Crippen molar-refractivity contribution < 1.29 is 19.4 Å². The molecule has 0 saturated carbocycles. The van der Waals surface area contributed by atoms with Gasteiger partial charge < -0.3 is 14.7 Å². The van der Waals surface area contributed by atoms with Crippen LogP contribution < -0.4 is 0 Å². The van der Waals surface area contributed by atoms with Gasteiger partial charge in [-0.3, -0.25) is 9.59 Å². The van der Waals surface area contributed by atoms with Gasteiger partial charge in [-0.05, 0) is 26.0 Å². The van der Waals surface area contributed by atoms with Gasteiger partial charge in [-0.25, -0.2) is 4.68 Å². The summed E-state index contributed by atoms with van der Waals surface area (Å²) in [6, 6.07) is 9.64. The maximum absolute atomic E-state index is 13.0. The molecular weight excluding hydrogens is 322 g/mol. The first-order valence-corrected chi connectivity index (χ1v) is 8.21. The van der Waals surface area contributed by atoms with E-state index < -0.39 is 12.1 Å². The Kier molecular flexibility index (Phi) is 4.85. The number of aryl methyl sites for hydroxylation is 1. The van der Waals surface area contributed by atoms with Crippen LogP contribution in [0.5, 0.6) is 0 Å². The minimum Gasteiger partial charge on any atom is -0.481 e. The SMILES string of the molecule is Cc1nn(-c2ccccc2)c(C)c1C(=O)N1CCO[C@@H](CC(=O)O)C1. The third kappa shape index (κ3) is 3.56. The summed E-state index contributed by atoms with van der Waals surface area (Å²) in [6.07, 6.45) is -0.578. The van der Waals surface area contributed by atoms with Crippen molar-refractivity contribution in [1.29, 1.82) is 0 Å². The smallest absolute Gasteiger partial charge is 0.306 e. The molecule has 132 valence electrons. The molecule has 3 rings (SSSR count). The minimum absolute atomic E-state index is 0.106.